The summed E-state index contributed by atoms with van der Waals surface area (Å²) >= 11 is 0. The largest absolute Gasteiger partial charge is 0.494 e. The summed E-state index contributed by atoms with van der Waals surface area (Å²) in [4.78, 5) is 4.65. The Bertz CT molecular complexity index is 811. The molecule has 0 aliphatic carbocycles. The van der Waals surface area contributed by atoms with E-state index in [1.807, 2.05) is 42.5 Å². The fourth-order valence-electron chi connectivity index (χ4n) is 2.70. The van der Waals surface area contributed by atoms with Crippen molar-refractivity contribution in [1.29, 1.82) is 5.26 Å². The molecule has 0 bridgehead atoms. The Balaban J connectivity index is 1.79. The summed E-state index contributed by atoms with van der Waals surface area (Å²) < 4.78 is 5.72. The average Bonchev–Trinajstić information content (AvgIpc) is 2.64. The molecule has 1 aliphatic heterocycles. The quantitative estimate of drug-likeness (QED) is 0.820. The maximum atomic E-state index is 8.85. The fourth-order valence-corrected chi connectivity index (χ4v) is 2.70. The van der Waals surface area contributed by atoms with E-state index in [4.69, 9.17) is 10.00 Å². The van der Waals surface area contributed by atoms with Crippen LogP contribution in [0.3, 0.4) is 0 Å². The van der Waals surface area contributed by atoms with E-state index < -0.39 is 0 Å². The van der Waals surface area contributed by atoms with Gasteiger partial charge in [-0.2, -0.15) is 5.26 Å². The minimum Gasteiger partial charge on any atom is -0.494 e. The Morgan fingerprint density at radius 1 is 1.17 bits per heavy atom. The van der Waals surface area contributed by atoms with Gasteiger partial charge in [0.25, 0.3) is 0 Å². The number of rotatable bonds is 5. The number of hydrogen-bond donors (Lipinski definition) is 0. The van der Waals surface area contributed by atoms with Crippen LogP contribution in [-0.2, 0) is 6.42 Å². The normalized spacial score (nSPS) is 13.2. The fraction of sp³-hybridized carbons (Fsp3) is 0.238. The van der Waals surface area contributed by atoms with Crippen LogP contribution >= 0.6 is 0 Å². The Morgan fingerprint density at radius 3 is 2.75 bits per heavy atom. The number of fused-ring (bicyclic) bond motifs is 1. The number of benzene rings is 2. The van der Waals surface area contributed by atoms with Gasteiger partial charge >= 0.3 is 0 Å². The van der Waals surface area contributed by atoms with E-state index in [1.54, 1.807) is 0 Å². The number of ether oxygens (including phenoxy) is 1. The molecule has 0 N–H and O–H groups in total. The van der Waals surface area contributed by atoms with Crippen LogP contribution in [0.5, 0.6) is 5.75 Å². The average molecular weight is 316 g/mol. The van der Waals surface area contributed by atoms with Crippen LogP contribution in [0.15, 0.2) is 53.5 Å². The van der Waals surface area contributed by atoms with E-state index in [0.29, 0.717) is 5.56 Å². The predicted octanol–water partition coefficient (Wildman–Crippen LogP) is 4.41. The third-order valence-corrected chi connectivity index (χ3v) is 3.96. The zero-order valence-corrected chi connectivity index (χ0v) is 13.8. The number of allylic oxidation sites excluding steroid dienone is 1. The standard InChI is InChI=1S/C21H20N2O/c1-2-13-24-19-8-9-20-18(14-19)11-12-23-21(20)10-7-16-3-5-17(15-22)6-4-16/h3-10,14H,2,11-13H2,1H3. The van der Waals surface area contributed by atoms with Crippen molar-refractivity contribution < 1.29 is 4.74 Å². The highest BCUT2D eigenvalue weighted by molar-refractivity contribution is 6.12. The molecule has 2 aromatic carbocycles. The lowest BCUT2D eigenvalue weighted by molar-refractivity contribution is 0.317. The zero-order chi connectivity index (χ0) is 16.8. The summed E-state index contributed by atoms with van der Waals surface area (Å²) in [6.07, 6.45) is 6.05. The lowest BCUT2D eigenvalue weighted by atomic mass is 9.96. The molecule has 24 heavy (non-hydrogen) atoms. The van der Waals surface area contributed by atoms with E-state index in [9.17, 15) is 0 Å². The van der Waals surface area contributed by atoms with Crippen molar-refractivity contribution in [3.8, 4) is 11.8 Å². The summed E-state index contributed by atoms with van der Waals surface area (Å²) in [5.41, 5.74) is 5.20. The van der Waals surface area contributed by atoms with E-state index in [2.05, 4.69) is 30.1 Å². The zero-order valence-electron chi connectivity index (χ0n) is 13.8. The highest BCUT2D eigenvalue weighted by Crippen LogP contribution is 2.23. The van der Waals surface area contributed by atoms with Gasteiger partial charge < -0.3 is 4.74 Å². The van der Waals surface area contributed by atoms with Crippen LogP contribution in [0, 0.1) is 11.3 Å². The Kier molecular flexibility index (Phi) is 5.08. The summed E-state index contributed by atoms with van der Waals surface area (Å²) in [6, 6.07) is 15.9. The van der Waals surface area contributed by atoms with Gasteiger partial charge in [0.05, 0.1) is 24.0 Å². The van der Waals surface area contributed by atoms with Crippen molar-refractivity contribution in [3.05, 3.63) is 70.8 Å². The first kappa shape index (κ1) is 16.0. The van der Waals surface area contributed by atoms with Gasteiger partial charge in [0.15, 0.2) is 0 Å². The molecule has 0 saturated carbocycles. The van der Waals surface area contributed by atoms with Crippen molar-refractivity contribution >= 4 is 11.8 Å². The van der Waals surface area contributed by atoms with Crippen LogP contribution < -0.4 is 4.74 Å². The molecule has 3 heteroatoms. The van der Waals surface area contributed by atoms with Crippen molar-refractivity contribution in [2.45, 2.75) is 19.8 Å². The molecule has 0 amide bonds. The first-order chi connectivity index (χ1) is 11.8. The lowest BCUT2D eigenvalue weighted by Gasteiger charge is -2.16. The minimum absolute atomic E-state index is 0.673. The minimum atomic E-state index is 0.673. The van der Waals surface area contributed by atoms with Gasteiger partial charge in [0, 0.05) is 12.1 Å². The Morgan fingerprint density at radius 2 is 2.00 bits per heavy atom. The van der Waals surface area contributed by atoms with Gasteiger partial charge in [0.1, 0.15) is 5.75 Å². The first-order valence-corrected chi connectivity index (χ1v) is 8.29. The van der Waals surface area contributed by atoms with Gasteiger partial charge in [-0.1, -0.05) is 25.1 Å². The molecule has 120 valence electrons. The molecule has 3 nitrogen and oxygen atoms in total. The molecule has 0 fully saturated rings. The maximum Gasteiger partial charge on any atom is 0.119 e. The van der Waals surface area contributed by atoms with Gasteiger partial charge in [-0.05, 0) is 60.4 Å². The smallest absolute Gasteiger partial charge is 0.119 e. The molecule has 0 unspecified atom stereocenters. The molecular formula is C21H20N2O. The van der Waals surface area contributed by atoms with E-state index >= 15 is 0 Å². The van der Waals surface area contributed by atoms with E-state index in [1.165, 1.54) is 11.1 Å². The predicted molar refractivity (Wildman–Crippen MR) is 97.5 cm³/mol. The maximum absolute atomic E-state index is 8.85. The number of aliphatic imine (C=N–C) groups is 1. The Hall–Kier alpha value is -2.86. The summed E-state index contributed by atoms with van der Waals surface area (Å²) in [5, 5.41) is 8.85. The molecule has 0 spiro atoms. The van der Waals surface area contributed by atoms with Crippen LogP contribution in [-0.4, -0.2) is 18.9 Å². The molecule has 0 atom stereocenters. The topological polar surface area (TPSA) is 45.4 Å². The highest BCUT2D eigenvalue weighted by Gasteiger charge is 2.13. The van der Waals surface area contributed by atoms with Crippen LogP contribution in [0.25, 0.3) is 6.08 Å². The summed E-state index contributed by atoms with van der Waals surface area (Å²) in [5.74, 6) is 0.938. The lowest BCUT2D eigenvalue weighted by Crippen LogP contribution is -2.11. The second-order valence-electron chi connectivity index (χ2n) is 5.75. The first-order valence-electron chi connectivity index (χ1n) is 8.29. The van der Waals surface area contributed by atoms with Gasteiger partial charge in [-0.25, -0.2) is 0 Å². The Labute approximate surface area is 142 Å². The third-order valence-electron chi connectivity index (χ3n) is 3.96. The number of nitrogens with zero attached hydrogens (tertiary/aromatic N) is 2. The van der Waals surface area contributed by atoms with Crippen LogP contribution in [0.1, 0.15) is 35.6 Å². The van der Waals surface area contributed by atoms with Crippen LogP contribution in [0.4, 0.5) is 0 Å². The van der Waals surface area contributed by atoms with Crippen molar-refractivity contribution in [2.24, 2.45) is 4.99 Å². The summed E-state index contributed by atoms with van der Waals surface area (Å²) in [6.45, 7) is 3.66. The van der Waals surface area contributed by atoms with Crippen molar-refractivity contribution in [3.63, 3.8) is 0 Å². The molecule has 0 radical (unpaired) electrons. The number of nitriles is 1. The molecule has 2 aromatic rings. The summed E-state index contributed by atoms with van der Waals surface area (Å²) in [7, 11) is 0. The van der Waals surface area contributed by atoms with E-state index in [0.717, 1.165) is 43.0 Å². The molecule has 1 heterocycles. The van der Waals surface area contributed by atoms with Gasteiger partial charge in [-0.3, -0.25) is 4.99 Å². The monoisotopic (exact) mass is 316 g/mol. The van der Waals surface area contributed by atoms with Crippen molar-refractivity contribution in [2.75, 3.05) is 13.2 Å². The van der Waals surface area contributed by atoms with Crippen LogP contribution in [0.2, 0.25) is 0 Å². The second-order valence-corrected chi connectivity index (χ2v) is 5.75. The highest BCUT2D eigenvalue weighted by atomic mass is 16.5. The SMILES string of the molecule is CCCOc1ccc2c(c1)CCN=C2C=Cc1ccc(C#N)cc1. The van der Waals surface area contributed by atoms with Crippen molar-refractivity contribution in [1.82, 2.24) is 0 Å². The van der Waals surface area contributed by atoms with E-state index in [-0.39, 0.29) is 0 Å². The molecule has 1 aliphatic rings. The van der Waals surface area contributed by atoms with Gasteiger partial charge in [0.2, 0.25) is 0 Å². The number of hydrogen-bond acceptors (Lipinski definition) is 3. The molecular weight excluding hydrogens is 296 g/mol. The molecule has 0 aromatic heterocycles. The molecule has 0 saturated heterocycles. The van der Waals surface area contributed by atoms with Gasteiger partial charge in [-0.15, -0.1) is 0 Å². The molecule has 3 rings (SSSR count). The third kappa shape index (κ3) is 3.72. The second kappa shape index (κ2) is 7.61.